The number of oxazole rings is 1. The molecule has 3 aromatic rings. The number of rotatable bonds is 5. The molecule has 7 nitrogen and oxygen atoms in total. The van der Waals surface area contributed by atoms with Crippen LogP contribution < -0.4 is 5.56 Å². The second kappa shape index (κ2) is 8.83. The maximum absolute atomic E-state index is 12.7. The monoisotopic (exact) mass is 426 g/mol. The molecule has 0 spiro atoms. The Morgan fingerprint density at radius 1 is 1.30 bits per heavy atom. The number of hydrogen-bond donors (Lipinski definition) is 0. The maximum atomic E-state index is 12.7. The number of carbonyl (C=O) groups is 1. The van der Waals surface area contributed by atoms with Gasteiger partial charge in [0.2, 0.25) is 5.91 Å². The van der Waals surface area contributed by atoms with E-state index < -0.39 is 0 Å². The number of amides is 1. The zero-order valence-electron chi connectivity index (χ0n) is 16.8. The van der Waals surface area contributed by atoms with Gasteiger partial charge in [0.15, 0.2) is 5.89 Å². The van der Waals surface area contributed by atoms with Crippen LogP contribution in [0.15, 0.2) is 51.8 Å². The molecule has 1 fully saturated rings. The number of piperidine rings is 1. The first-order chi connectivity index (χ1) is 14.5. The fraction of sp³-hybridized carbons (Fsp3) is 0.364. The van der Waals surface area contributed by atoms with Gasteiger partial charge in [-0.3, -0.25) is 9.59 Å². The second-order valence-corrected chi connectivity index (χ2v) is 8.06. The number of nitrogens with zero attached hydrogens (tertiary/aromatic N) is 4. The Bertz CT molecular complexity index is 1110. The molecule has 1 saturated heterocycles. The molecule has 1 aliphatic heterocycles. The van der Waals surface area contributed by atoms with Crippen molar-refractivity contribution in [2.75, 3.05) is 13.1 Å². The first kappa shape index (κ1) is 20.3. The third-order valence-electron chi connectivity index (χ3n) is 5.25. The van der Waals surface area contributed by atoms with Crippen LogP contribution in [0, 0.1) is 6.92 Å². The van der Waals surface area contributed by atoms with Gasteiger partial charge in [-0.15, -0.1) is 0 Å². The highest BCUT2D eigenvalue weighted by atomic mass is 35.5. The molecular formula is C22H23ClN4O3. The Morgan fingerprint density at radius 3 is 3.00 bits per heavy atom. The number of benzene rings is 1. The minimum absolute atomic E-state index is 0.0398. The average molecular weight is 427 g/mol. The molecule has 0 unspecified atom stereocenters. The van der Waals surface area contributed by atoms with Gasteiger partial charge < -0.3 is 9.32 Å². The SMILES string of the molecule is Cc1ccc(=O)n(CC(=O)N2CCC[C@@H](c3ncc(Cc4cccc(Cl)c4)o3)C2)n1. The molecule has 0 N–H and O–H groups in total. The quantitative estimate of drug-likeness (QED) is 0.625. The number of aromatic nitrogens is 3. The molecule has 30 heavy (non-hydrogen) atoms. The molecule has 0 saturated carbocycles. The summed E-state index contributed by atoms with van der Waals surface area (Å²) in [5.41, 5.74) is 1.48. The van der Waals surface area contributed by atoms with Gasteiger partial charge in [0.05, 0.1) is 17.8 Å². The molecule has 2 aromatic heterocycles. The first-order valence-corrected chi connectivity index (χ1v) is 10.4. The zero-order valence-corrected chi connectivity index (χ0v) is 17.5. The van der Waals surface area contributed by atoms with Crippen LogP contribution >= 0.6 is 11.6 Å². The third kappa shape index (κ3) is 4.79. The van der Waals surface area contributed by atoms with Crippen LogP contribution in [-0.2, 0) is 17.8 Å². The van der Waals surface area contributed by atoms with Crippen molar-refractivity contribution in [3.05, 3.63) is 80.9 Å². The van der Waals surface area contributed by atoms with Gasteiger partial charge in [0.25, 0.3) is 5.56 Å². The fourth-order valence-corrected chi connectivity index (χ4v) is 3.95. The average Bonchev–Trinajstić information content (AvgIpc) is 3.19. The molecule has 1 atom stereocenters. The summed E-state index contributed by atoms with van der Waals surface area (Å²) in [6, 6.07) is 10.7. The summed E-state index contributed by atoms with van der Waals surface area (Å²) >= 11 is 6.05. The van der Waals surface area contributed by atoms with Crippen LogP contribution in [0.25, 0.3) is 0 Å². The summed E-state index contributed by atoms with van der Waals surface area (Å²) in [5.74, 6) is 1.34. The molecule has 1 amide bonds. The van der Waals surface area contributed by atoms with Crippen LogP contribution in [0.2, 0.25) is 5.02 Å². The standard InChI is InChI=1S/C22H23ClN4O3/c1-15-7-8-20(28)27(25-15)14-21(29)26-9-3-5-17(13-26)22-24-12-19(30-22)11-16-4-2-6-18(23)10-16/h2,4,6-8,10,12,17H,3,5,9,11,13-14H2,1H3/t17-/m1/s1. The zero-order chi connectivity index (χ0) is 21.1. The largest absolute Gasteiger partial charge is 0.445 e. The van der Waals surface area contributed by atoms with Crippen molar-refractivity contribution in [1.29, 1.82) is 0 Å². The summed E-state index contributed by atoms with van der Waals surface area (Å²) < 4.78 is 7.21. The Kier molecular flexibility index (Phi) is 5.99. The van der Waals surface area contributed by atoms with Gasteiger partial charge in [-0.05, 0) is 43.5 Å². The van der Waals surface area contributed by atoms with Crippen LogP contribution in [0.5, 0.6) is 0 Å². The summed E-state index contributed by atoms with van der Waals surface area (Å²) in [6.45, 7) is 2.92. The predicted molar refractivity (Wildman–Crippen MR) is 113 cm³/mol. The maximum Gasteiger partial charge on any atom is 0.267 e. The molecule has 0 bridgehead atoms. The number of likely N-dealkylation sites (tertiary alicyclic amines) is 1. The van der Waals surface area contributed by atoms with Crippen molar-refractivity contribution in [2.24, 2.45) is 0 Å². The highest BCUT2D eigenvalue weighted by Gasteiger charge is 2.28. The van der Waals surface area contributed by atoms with Crippen LogP contribution in [-0.4, -0.2) is 38.7 Å². The molecule has 8 heteroatoms. The smallest absolute Gasteiger partial charge is 0.267 e. The number of hydrogen-bond acceptors (Lipinski definition) is 5. The van der Waals surface area contributed by atoms with E-state index in [2.05, 4.69) is 10.1 Å². The van der Waals surface area contributed by atoms with E-state index in [1.807, 2.05) is 24.3 Å². The van der Waals surface area contributed by atoms with E-state index in [-0.39, 0.29) is 23.9 Å². The van der Waals surface area contributed by atoms with E-state index in [9.17, 15) is 9.59 Å². The molecule has 4 rings (SSSR count). The molecular weight excluding hydrogens is 404 g/mol. The lowest BCUT2D eigenvalue weighted by atomic mass is 9.98. The van der Waals surface area contributed by atoms with Gasteiger partial charge in [-0.25, -0.2) is 9.67 Å². The number of halogens is 1. The van der Waals surface area contributed by atoms with Crippen molar-refractivity contribution in [3.63, 3.8) is 0 Å². The van der Waals surface area contributed by atoms with Crippen LogP contribution in [0.1, 0.15) is 41.7 Å². The summed E-state index contributed by atoms with van der Waals surface area (Å²) in [6.07, 6.45) is 4.13. The minimum Gasteiger partial charge on any atom is -0.445 e. The summed E-state index contributed by atoms with van der Waals surface area (Å²) in [7, 11) is 0. The Morgan fingerprint density at radius 2 is 2.17 bits per heavy atom. The van der Waals surface area contributed by atoms with Gasteiger partial charge in [-0.1, -0.05) is 23.7 Å². The second-order valence-electron chi connectivity index (χ2n) is 7.62. The van der Waals surface area contributed by atoms with E-state index in [0.717, 1.165) is 24.2 Å². The normalized spacial score (nSPS) is 16.6. The van der Waals surface area contributed by atoms with Crippen molar-refractivity contribution < 1.29 is 9.21 Å². The van der Waals surface area contributed by atoms with E-state index in [4.69, 9.17) is 16.0 Å². The van der Waals surface area contributed by atoms with Gasteiger partial charge in [0, 0.05) is 30.6 Å². The number of carbonyl (C=O) groups excluding carboxylic acids is 1. The third-order valence-corrected chi connectivity index (χ3v) is 5.48. The van der Waals surface area contributed by atoms with Gasteiger partial charge in [0.1, 0.15) is 12.3 Å². The molecule has 1 aliphatic rings. The summed E-state index contributed by atoms with van der Waals surface area (Å²) in [5, 5.41) is 4.84. The summed E-state index contributed by atoms with van der Waals surface area (Å²) in [4.78, 5) is 30.9. The van der Waals surface area contributed by atoms with E-state index >= 15 is 0 Å². The Balaban J connectivity index is 1.41. The van der Waals surface area contributed by atoms with E-state index in [0.29, 0.717) is 36.1 Å². The van der Waals surface area contributed by atoms with Crippen molar-refractivity contribution in [2.45, 2.75) is 38.6 Å². The van der Waals surface area contributed by atoms with E-state index in [1.54, 1.807) is 24.1 Å². The fourth-order valence-electron chi connectivity index (χ4n) is 3.74. The van der Waals surface area contributed by atoms with Crippen molar-refractivity contribution in [1.82, 2.24) is 19.7 Å². The highest BCUT2D eigenvalue weighted by molar-refractivity contribution is 6.30. The molecule has 1 aromatic carbocycles. The Labute approximate surface area is 179 Å². The van der Waals surface area contributed by atoms with Crippen molar-refractivity contribution in [3.8, 4) is 0 Å². The van der Waals surface area contributed by atoms with Crippen molar-refractivity contribution >= 4 is 17.5 Å². The topological polar surface area (TPSA) is 81.2 Å². The number of aryl methyl sites for hydroxylation is 1. The predicted octanol–water partition coefficient (Wildman–Crippen LogP) is 3.19. The lowest BCUT2D eigenvalue weighted by Crippen LogP contribution is -2.42. The van der Waals surface area contributed by atoms with Gasteiger partial charge >= 0.3 is 0 Å². The first-order valence-electron chi connectivity index (χ1n) is 9.99. The Hall–Kier alpha value is -2.93. The molecule has 156 valence electrons. The molecule has 0 radical (unpaired) electrons. The van der Waals surface area contributed by atoms with Crippen LogP contribution in [0.4, 0.5) is 0 Å². The lowest BCUT2D eigenvalue weighted by Gasteiger charge is -2.31. The van der Waals surface area contributed by atoms with Crippen LogP contribution in [0.3, 0.4) is 0 Å². The van der Waals surface area contributed by atoms with E-state index in [1.165, 1.54) is 10.7 Å². The van der Waals surface area contributed by atoms with Gasteiger partial charge in [-0.2, -0.15) is 5.10 Å². The highest BCUT2D eigenvalue weighted by Crippen LogP contribution is 2.27. The molecule has 0 aliphatic carbocycles. The minimum atomic E-state index is -0.277. The molecule has 3 heterocycles. The lowest BCUT2D eigenvalue weighted by molar-refractivity contribution is -0.133.